The number of hydrogen-bond acceptors (Lipinski definition) is 3. The van der Waals surface area contributed by atoms with E-state index in [0.29, 0.717) is 23.1 Å². The van der Waals surface area contributed by atoms with Gasteiger partial charge in [0.15, 0.2) is 0 Å². The minimum Gasteiger partial charge on any atom is -0.384 e. The summed E-state index contributed by atoms with van der Waals surface area (Å²) in [5.74, 6) is 0.0739. The van der Waals surface area contributed by atoms with E-state index in [1.165, 1.54) is 0 Å². The van der Waals surface area contributed by atoms with E-state index in [0.717, 1.165) is 38.0 Å². The van der Waals surface area contributed by atoms with Gasteiger partial charge in [-0.25, -0.2) is 0 Å². The predicted octanol–water partition coefficient (Wildman–Crippen LogP) is 3.11. The normalized spacial score (nSPS) is 16.7. The van der Waals surface area contributed by atoms with E-state index in [2.05, 4.69) is 10.2 Å². The Morgan fingerprint density at radius 2 is 2.05 bits per heavy atom. The second kappa shape index (κ2) is 8.73. The highest BCUT2D eigenvalue weighted by Gasteiger charge is 2.20. The Hall–Kier alpha value is -0.810. The molecule has 22 heavy (non-hydrogen) atoms. The van der Waals surface area contributed by atoms with Crippen molar-refractivity contribution in [2.24, 2.45) is 0 Å². The van der Waals surface area contributed by atoms with E-state index < -0.39 is 0 Å². The second-order valence-corrected chi connectivity index (χ2v) is 6.42. The summed E-state index contributed by atoms with van der Waals surface area (Å²) in [6.07, 6.45) is 2.38. The predicted molar refractivity (Wildman–Crippen MR) is 89.4 cm³/mol. The van der Waals surface area contributed by atoms with Gasteiger partial charge in [0.2, 0.25) is 5.91 Å². The number of methoxy groups -OCH3 is 1. The summed E-state index contributed by atoms with van der Waals surface area (Å²) in [4.78, 5) is 14.1. The van der Waals surface area contributed by atoms with Crippen LogP contribution in [0.5, 0.6) is 0 Å². The molecule has 1 aromatic rings. The molecule has 0 radical (unpaired) electrons. The van der Waals surface area contributed by atoms with Gasteiger partial charge >= 0.3 is 0 Å². The molecule has 0 atom stereocenters. The van der Waals surface area contributed by atoms with Crippen LogP contribution in [0.4, 0.5) is 0 Å². The summed E-state index contributed by atoms with van der Waals surface area (Å²) < 4.78 is 4.91. The maximum absolute atomic E-state index is 11.7. The average molecular weight is 345 g/mol. The van der Waals surface area contributed by atoms with Gasteiger partial charge in [-0.05, 0) is 30.5 Å². The highest BCUT2D eigenvalue weighted by molar-refractivity contribution is 6.42. The van der Waals surface area contributed by atoms with Gasteiger partial charge in [-0.1, -0.05) is 29.3 Å². The van der Waals surface area contributed by atoms with Crippen molar-refractivity contribution in [1.82, 2.24) is 10.2 Å². The summed E-state index contributed by atoms with van der Waals surface area (Å²) in [5.41, 5.74) is 1.16. The molecular weight excluding hydrogens is 323 g/mol. The lowest BCUT2D eigenvalue weighted by Gasteiger charge is -2.32. The third-order valence-corrected chi connectivity index (χ3v) is 4.62. The summed E-state index contributed by atoms with van der Waals surface area (Å²) in [7, 11) is 1.61. The summed E-state index contributed by atoms with van der Waals surface area (Å²) >= 11 is 12.0. The van der Waals surface area contributed by atoms with E-state index in [4.69, 9.17) is 27.9 Å². The molecule has 0 saturated carbocycles. The van der Waals surface area contributed by atoms with Crippen LogP contribution in [-0.2, 0) is 16.1 Å². The Morgan fingerprint density at radius 1 is 1.32 bits per heavy atom. The largest absolute Gasteiger partial charge is 0.384 e. The lowest BCUT2D eigenvalue weighted by Crippen LogP contribution is -2.44. The minimum atomic E-state index is 0.0739. The van der Waals surface area contributed by atoms with Gasteiger partial charge in [-0.2, -0.15) is 0 Å². The van der Waals surface area contributed by atoms with E-state index in [-0.39, 0.29) is 11.9 Å². The fourth-order valence-electron chi connectivity index (χ4n) is 2.63. The molecule has 122 valence electrons. The van der Waals surface area contributed by atoms with Gasteiger partial charge in [-0.3, -0.25) is 9.69 Å². The van der Waals surface area contributed by atoms with Crippen LogP contribution < -0.4 is 5.32 Å². The van der Waals surface area contributed by atoms with Crippen molar-refractivity contribution < 1.29 is 9.53 Å². The zero-order valence-electron chi connectivity index (χ0n) is 12.8. The Morgan fingerprint density at radius 3 is 2.68 bits per heavy atom. The summed E-state index contributed by atoms with van der Waals surface area (Å²) in [6.45, 7) is 3.27. The number of hydrogen-bond donors (Lipinski definition) is 1. The van der Waals surface area contributed by atoms with E-state index in [9.17, 15) is 4.79 Å². The Bertz CT molecular complexity index is 503. The first-order valence-corrected chi connectivity index (χ1v) is 8.28. The molecule has 1 aliphatic rings. The zero-order chi connectivity index (χ0) is 15.9. The van der Waals surface area contributed by atoms with Crippen molar-refractivity contribution in [3.63, 3.8) is 0 Å². The van der Waals surface area contributed by atoms with E-state index in [1.54, 1.807) is 7.11 Å². The second-order valence-electron chi connectivity index (χ2n) is 5.61. The number of ether oxygens (including phenoxy) is 1. The molecule has 4 nitrogen and oxygen atoms in total. The first kappa shape index (κ1) is 17.5. The van der Waals surface area contributed by atoms with E-state index >= 15 is 0 Å². The average Bonchev–Trinajstić information content (AvgIpc) is 2.51. The zero-order valence-corrected chi connectivity index (χ0v) is 14.3. The molecule has 1 fully saturated rings. The standard InChI is InChI=1S/C16H22Cl2N2O2/c1-22-9-6-16(21)19-13-4-7-20(8-5-13)11-12-2-3-14(17)15(18)10-12/h2-3,10,13H,4-9,11H2,1H3,(H,19,21). The van der Waals surface area contributed by atoms with Crippen molar-refractivity contribution >= 4 is 29.1 Å². The number of nitrogens with zero attached hydrogens (tertiary/aromatic N) is 1. The van der Waals surface area contributed by atoms with Crippen molar-refractivity contribution in [2.75, 3.05) is 26.8 Å². The minimum absolute atomic E-state index is 0.0739. The highest BCUT2D eigenvalue weighted by Crippen LogP contribution is 2.24. The van der Waals surface area contributed by atoms with Crippen LogP contribution in [0.2, 0.25) is 10.0 Å². The van der Waals surface area contributed by atoms with Gasteiger partial charge in [-0.15, -0.1) is 0 Å². The molecule has 1 N–H and O–H groups in total. The topological polar surface area (TPSA) is 41.6 Å². The van der Waals surface area contributed by atoms with Gasteiger partial charge in [0.25, 0.3) is 0 Å². The summed E-state index contributed by atoms with van der Waals surface area (Å²) in [6, 6.07) is 6.03. The highest BCUT2D eigenvalue weighted by atomic mass is 35.5. The Balaban J connectivity index is 1.75. The van der Waals surface area contributed by atoms with Gasteiger partial charge in [0.1, 0.15) is 0 Å². The molecule has 0 bridgehead atoms. The molecule has 0 unspecified atom stereocenters. The van der Waals surface area contributed by atoms with Crippen LogP contribution in [0.25, 0.3) is 0 Å². The number of benzene rings is 1. The number of nitrogens with one attached hydrogen (secondary N) is 1. The molecule has 6 heteroatoms. The van der Waals surface area contributed by atoms with Crippen LogP contribution in [0.15, 0.2) is 18.2 Å². The van der Waals surface area contributed by atoms with Crippen LogP contribution in [0, 0.1) is 0 Å². The molecule has 1 aliphatic heterocycles. The molecule has 0 aromatic heterocycles. The number of rotatable bonds is 6. The molecule has 1 heterocycles. The number of carbonyl (C=O) groups is 1. The van der Waals surface area contributed by atoms with Gasteiger partial charge in [0, 0.05) is 39.2 Å². The number of piperidine rings is 1. The third-order valence-electron chi connectivity index (χ3n) is 3.88. The molecule has 0 spiro atoms. The quantitative estimate of drug-likeness (QED) is 0.861. The fraction of sp³-hybridized carbons (Fsp3) is 0.562. The van der Waals surface area contributed by atoms with Crippen LogP contribution in [-0.4, -0.2) is 43.7 Å². The smallest absolute Gasteiger partial charge is 0.222 e. The summed E-state index contributed by atoms with van der Waals surface area (Å²) in [5, 5.41) is 4.25. The van der Waals surface area contributed by atoms with E-state index in [1.807, 2.05) is 18.2 Å². The number of halogens is 2. The number of likely N-dealkylation sites (tertiary alicyclic amines) is 1. The van der Waals surface area contributed by atoms with Crippen LogP contribution >= 0.6 is 23.2 Å². The fourth-order valence-corrected chi connectivity index (χ4v) is 2.95. The maximum Gasteiger partial charge on any atom is 0.222 e. The first-order chi connectivity index (χ1) is 10.6. The first-order valence-electron chi connectivity index (χ1n) is 7.53. The third kappa shape index (κ3) is 5.43. The molecule has 1 saturated heterocycles. The number of amides is 1. The van der Waals surface area contributed by atoms with Crippen molar-refractivity contribution in [3.05, 3.63) is 33.8 Å². The van der Waals surface area contributed by atoms with Gasteiger partial charge in [0.05, 0.1) is 16.7 Å². The molecule has 2 rings (SSSR count). The SMILES string of the molecule is COCCC(=O)NC1CCN(Cc2ccc(Cl)c(Cl)c2)CC1. The molecule has 1 amide bonds. The lowest BCUT2D eigenvalue weighted by molar-refractivity contribution is -0.123. The molecule has 1 aromatic carbocycles. The molecular formula is C16H22Cl2N2O2. The Labute approximate surface area is 141 Å². The lowest BCUT2D eigenvalue weighted by atomic mass is 10.0. The van der Waals surface area contributed by atoms with Crippen molar-refractivity contribution in [3.8, 4) is 0 Å². The maximum atomic E-state index is 11.7. The molecule has 0 aliphatic carbocycles. The monoisotopic (exact) mass is 344 g/mol. The van der Waals surface area contributed by atoms with Crippen LogP contribution in [0.3, 0.4) is 0 Å². The van der Waals surface area contributed by atoms with Crippen molar-refractivity contribution in [1.29, 1.82) is 0 Å². The van der Waals surface area contributed by atoms with Crippen molar-refractivity contribution in [2.45, 2.75) is 31.8 Å². The van der Waals surface area contributed by atoms with Gasteiger partial charge < -0.3 is 10.1 Å². The van der Waals surface area contributed by atoms with Crippen LogP contribution in [0.1, 0.15) is 24.8 Å². The Kier molecular flexibility index (Phi) is 6.96. The number of carbonyl (C=O) groups excluding carboxylic acids is 1.